The molecule has 0 saturated carbocycles. The number of rotatable bonds is 5. The molecule has 206 valence electrons. The van der Waals surface area contributed by atoms with E-state index in [0.29, 0.717) is 20.6 Å². The number of fused-ring (bicyclic) bond motifs is 2. The van der Waals surface area contributed by atoms with Crippen LogP contribution in [0.15, 0.2) is 69.0 Å². The highest BCUT2D eigenvalue weighted by molar-refractivity contribution is 7.10. The third kappa shape index (κ3) is 4.54. The first-order chi connectivity index (χ1) is 19.4. The maximum Gasteiger partial charge on any atom is 0.338 e. The Labute approximate surface area is 239 Å². The van der Waals surface area contributed by atoms with Crippen molar-refractivity contribution in [2.75, 3.05) is 13.7 Å². The summed E-state index contributed by atoms with van der Waals surface area (Å²) in [6, 6.07) is 11.4. The molecule has 3 aromatic heterocycles. The Morgan fingerprint density at radius 3 is 2.75 bits per heavy atom. The van der Waals surface area contributed by atoms with E-state index in [4.69, 9.17) is 4.74 Å². The zero-order chi connectivity index (χ0) is 28.0. The molecule has 1 fully saturated rings. The number of nitrogens with zero attached hydrogens (tertiary/aromatic N) is 4. The number of carbonyl (C=O) groups excluding carboxylic acids is 2. The van der Waals surface area contributed by atoms with E-state index in [9.17, 15) is 14.4 Å². The van der Waals surface area contributed by atoms with Gasteiger partial charge >= 0.3 is 5.97 Å². The van der Waals surface area contributed by atoms with Crippen LogP contribution in [0.5, 0.6) is 0 Å². The highest BCUT2D eigenvalue weighted by Gasteiger charge is 2.33. The number of amides is 1. The second-order valence-electron chi connectivity index (χ2n) is 10.3. The highest BCUT2D eigenvalue weighted by atomic mass is 32.1. The van der Waals surface area contributed by atoms with Crippen molar-refractivity contribution in [1.82, 2.24) is 14.0 Å². The number of aromatic nitrogens is 2. The number of likely N-dealkylation sites (tertiary alicyclic amines) is 1. The van der Waals surface area contributed by atoms with Crippen molar-refractivity contribution < 1.29 is 14.3 Å². The van der Waals surface area contributed by atoms with Crippen LogP contribution in [0.3, 0.4) is 0 Å². The first kappa shape index (κ1) is 26.5. The zero-order valence-electron chi connectivity index (χ0n) is 22.6. The fourth-order valence-electron chi connectivity index (χ4n) is 5.78. The molecule has 0 aliphatic carbocycles. The van der Waals surface area contributed by atoms with Crippen LogP contribution in [-0.4, -0.2) is 45.6 Å². The summed E-state index contributed by atoms with van der Waals surface area (Å²) in [6.07, 6.45) is 7.06. The Morgan fingerprint density at radius 1 is 1.18 bits per heavy atom. The number of benzene rings is 1. The predicted octanol–water partition coefficient (Wildman–Crippen LogP) is 3.83. The van der Waals surface area contributed by atoms with Gasteiger partial charge in [-0.25, -0.2) is 9.79 Å². The molecule has 0 radical (unpaired) electrons. The first-order valence-electron chi connectivity index (χ1n) is 13.4. The molecule has 5 heterocycles. The summed E-state index contributed by atoms with van der Waals surface area (Å²) >= 11 is 2.78. The Balaban J connectivity index is 1.45. The Hall–Kier alpha value is -3.76. The van der Waals surface area contributed by atoms with Gasteiger partial charge in [-0.05, 0) is 56.7 Å². The van der Waals surface area contributed by atoms with Gasteiger partial charge in [-0.3, -0.25) is 14.2 Å². The van der Waals surface area contributed by atoms with Crippen molar-refractivity contribution in [2.45, 2.75) is 51.7 Å². The van der Waals surface area contributed by atoms with Crippen LogP contribution in [0.4, 0.5) is 0 Å². The fourth-order valence-corrected chi connectivity index (χ4v) is 7.64. The van der Waals surface area contributed by atoms with Gasteiger partial charge in [-0.1, -0.05) is 35.6 Å². The molecule has 0 spiro atoms. The summed E-state index contributed by atoms with van der Waals surface area (Å²) in [7, 11) is 1.34. The molecule has 40 heavy (non-hydrogen) atoms. The number of methoxy groups -OCH3 is 1. The fraction of sp³-hybridized carbons (Fsp3) is 0.333. The second-order valence-corrected chi connectivity index (χ2v) is 12.2. The number of thiazole rings is 1. The molecule has 0 bridgehead atoms. The highest BCUT2D eigenvalue weighted by Crippen LogP contribution is 2.33. The molecule has 1 saturated heterocycles. The van der Waals surface area contributed by atoms with Gasteiger partial charge in [-0.2, -0.15) is 0 Å². The van der Waals surface area contributed by atoms with E-state index in [-0.39, 0.29) is 24.1 Å². The average molecular weight is 575 g/mol. The number of ether oxygens (including phenoxy) is 1. The van der Waals surface area contributed by atoms with E-state index in [2.05, 4.69) is 11.9 Å². The molecular formula is C30H30N4O4S2. The van der Waals surface area contributed by atoms with Crippen molar-refractivity contribution >= 4 is 51.5 Å². The lowest BCUT2D eigenvalue weighted by Gasteiger charge is -2.33. The van der Waals surface area contributed by atoms with Gasteiger partial charge in [0.05, 0.1) is 22.9 Å². The number of hydrogen-bond acceptors (Lipinski definition) is 7. The van der Waals surface area contributed by atoms with Crippen molar-refractivity contribution in [1.29, 1.82) is 0 Å². The second kappa shape index (κ2) is 10.7. The molecule has 8 nitrogen and oxygen atoms in total. The molecule has 2 aliphatic heterocycles. The number of esters is 1. The lowest BCUT2D eigenvalue weighted by Crippen LogP contribution is -2.43. The molecule has 2 aliphatic rings. The minimum absolute atomic E-state index is 0.112. The quantitative estimate of drug-likeness (QED) is 0.339. The standard InChI is InChI=1S/C30H30N4O4S2/c1-18-9-6-7-13-33(18)25(35)17-32-16-20(21-10-4-5-11-22(21)32)15-24-28(36)34-27(23-12-8-14-39-23)26(29(37)38-3)19(2)31-30(34)40-24/h4-5,8,10-12,14-16,18,27H,6-7,9,13,17H2,1-3H3/b24-15-. The van der Waals surface area contributed by atoms with Gasteiger partial charge in [0, 0.05) is 40.1 Å². The Kier molecular flexibility index (Phi) is 7.06. The Bertz CT molecular complexity index is 1830. The molecule has 0 N–H and O–H groups in total. The van der Waals surface area contributed by atoms with E-state index in [1.54, 1.807) is 11.5 Å². The van der Waals surface area contributed by atoms with Crippen molar-refractivity contribution in [2.24, 2.45) is 4.99 Å². The van der Waals surface area contributed by atoms with Gasteiger partial charge in [0.2, 0.25) is 5.91 Å². The summed E-state index contributed by atoms with van der Waals surface area (Å²) in [6.45, 7) is 4.94. The van der Waals surface area contributed by atoms with E-state index in [1.807, 2.05) is 63.5 Å². The number of allylic oxidation sites excluding steroid dienone is 1. The SMILES string of the molecule is COC(=O)C1=C(C)N=c2s/c(=C\c3cn(CC(=O)N4CCCCC4C)c4ccccc34)c(=O)n2C1c1cccs1. The van der Waals surface area contributed by atoms with Crippen LogP contribution < -0.4 is 14.9 Å². The summed E-state index contributed by atoms with van der Waals surface area (Å²) in [4.78, 5) is 48.0. The van der Waals surface area contributed by atoms with Gasteiger partial charge in [0.15, 0.2) is 4.80 Å². The third-order valence-corrected chi connectivity index (χ3v) is 9.68. The first-order valence-corrected chi connectivity index (χ1v) is 15.1. The Morgan fingerprint density at radius 2 is 2.00 bits per heavy atom. The predicted molar refractivity (Wildman–Crippen MR) is 157 cm³/mol. The molecule has 4 aromatic rings. The van der Waals surface area contributed by atoms with Gasteiger partial charge in [0.25, 0.3) is 5.56 Å². The lowest BCUT2D eigenvalue weighted by atomic mass is 10.0. The molecule has 6 rings (SSSR count). The van der Waals surface area contributed by atoms with Gasteiger partial charge in [-0.15, -0.1) is 11.3 Å². The topological polar surface area (TPSA) is 85.9 Å². The van der Waals surface area contributed by atoms with Crippen LogP contribution in [0.25, 0.3) is 17.0 Å². The zero-order valence-corrected chi connectivity index (χ0v) is 24.3. The van der Waals surface area contributed by atoms with Crippen LogP contribution >= 0.6 is 22.7 Å². The molecule has 1 aromatic carbocycles. The van der Waals surface area contributed by atoms with E-state index >= 15 is 0 Å². The van der Waals surface area contributed by atoms with Crippen LogP contribution in [0.1, 0.15) is 49.6 Å². The smallest absolute Gasteiger partial charge is 0.338 e. The molecule has 10 heteroatoms. The minimum atomic E-state index is -0.601. The number of thiophene rings is 1. The normalized spacial score (nSPS) is 19.6. The average Bonchev–Trinajstić information content (AvgIpc) is 3.67. The number of hydrogen-bond donors (Lipinski definition) is 0. The van der Waals surface area contributed by atoms with E-state index in [0.717, 1.165) is 47.2 Å². The maximum absolute atomic E-state index is 13.9. The molecule has 2 unspecified atom stereocenters. The van der Waals surface area contributed by atoms with Crippen molar-refractivity contribution in [3.8, 4) is 0 Å². The molecule has 1 amide bonds. The van der Waals surface area contributed by atoms with Gasteiger partial charge < -0.3 is 14.2 Å². The summed E-state index contributed by atoms with van der Waals surface area (Å²) in [5.41, 5.74) is 2.49. The summed E-state index contributed by atoms with van der Waals surface area (Å²) in [5, 5.41) is 2.89. The molecule has 2 atom stereocenters. The summed E-state index contributed by atoms with van der Waals surface area (Å²) < 4.78 is 9.17. The monoisotopic (exact) mass is 574 g/mol. The van der Waals surface area contributed by atoms with Crippen LogP contribution in [0, 0.1) is 0 Å². The van der Waals surface area contributed by atoms with Gasteiger partial charge in [0.1, 0.15) is 12.6 Å². The van der Waals surface area contributed by atoms with Crippen molar-refractivity contribution in [3.05, 3.63) is 89.4 Å². The lowest BCUT2D eigenvalue weighted by molar-refractivity contribution is -0.137. The van der Waals surface area contributed by atoms with E-state index < -0.39 is 12.0 Å². The van der Waals surface area contributed by atoms with Crippen molar-refractivity contribution in [3.63, 3.8) is 0 Å². The third-order valence-electron chi connectivity index (χ3n) is 7.77. The maximum atomic E-state index is 13.9. The van der Waals surface area contributed by atoms with E-state index in [1.165, 1.54) is 29.8 Å². The number of para-hydroxylation sites is 1. The van der Waals surface area contributed by atoms with Crippen LogP contribution in [-0.2, 0) is 20.9 Å². The number of carbonyl (C=O) groups is 2. The summed E-state index contributed by atoms with van der Waals surface area (Å²) in [5.74, 6) is -0.384. The molecular weight excluding hydrogens is 544 g/mol. The minimum Gasteiger partial charge on any atom is -0.466 e. The van der Waals surface area contributed by atoms with Crippen LogP contribution in [0.2, 0.25) is 0 Å². The number of piperidine rings is 1. The largest absolute Gasteiger partial charge is 0.466 e.